The molecule has 308 valence electrons. The predicted molar refractivity (Wildman–Crippen MR) is 218 cm³/mol. The van der Waals surface area contributed by atoms with Crippen LogP contribution < -0.4 is 15.1 Å². The van der Waals surface area contributed by atoms with Crippen LogP contribution in [0.15, 0.2) is 54.9 Å². The van der Waals surface area contributed by atoms with Gasteiger partial charge in [0.05, 0.1) is 47.0 Å². The van der Waals surface area contributed by atoms with Crippen LogP contribution in [0.3, 0.4) is 0 Å². The number of halogens is 2. The molecular formula is C42H43F2N13O3. The van der Waals surface area contributed by atoms with Gasteiger partial charge in [0, 0.05) is 58.1 Å². The Balaban J connectivity index is 1.03. The number of rotatable bonds is 5. The molecule has 0 radical (unpaired) electrons. The number of piperidine rings is 1. The summed E-state index contributed by atoms with van der Waals surface area (Å²) in [5.41, 5.74) is 3.26. The largest absolute Gasteiger partial charge is 0.378 e. The number of imidazole rings is 1. The zero-order valence-corrected chi connectivity index (χ0v) is 33.4. The van der Waals surface area contributed by atoms with E-state index in [0.717, 1.165) is 42.2 Å². The van der Waals surface area contributed by atoms with E-state index in [-0.39, 0.29) is 47.8 Å². The van der Waals surface area contributed by atoms with E-state index in [1.807, 2.05) is 45.9 Å². The minimum absolute atomic E-state index is 0.00281. The van der Waals surface area contributed by atoms with Crippen molar-refractivity contribution in [1.82, 2.24) is 49.1 Å². The third-order valence-corrected chi connectivity index (χ3v) is 13.1. The highest BCUT2D eigenvalue weighted by Gasteiger charge is 2.54. The molecule has 1 N–H and O–H groups in total. The summed E-state index contributed by atoms with van der Waals surface area (Å²) >= 11 is 0. The number of nitrogens with one attached hydrogen (secondary N) is 1. The number of carbonyl (C=O) groups is 2. The average Bonchev–Trinajstić information content (AvgIpc) is 3.91. The van der Waals surface area contributed by atoms with Gasteiger partial charge in [-0.05, 0) is 69.4 Å². The van der Waals surface area contributed by atoms with Crippen molar-refractivity contribution in [2.75, 3.05) is 48.9 Å². The van der Waals surface area contributed by atoms with Gasteiger partial charge >= 0.3 is 0 Å². The molecule has 6 bridgehead atoms. The number of methoxy groups -OCH3 is 1. The summed E-state index contributed by atoms with van der Waals surface area (Å²) in [6.07, 6.45) is 7.11. The lowest BCUT2D eigenvalue weighted by Gasteiger charge is -2.57. The number of ether oxygens (including phenoxy) is 1. The lowest BCUT2D eigenvalue weighted by Crippen LogP contribution is -2.73. The fourth-order valence-corrected chi connectivity index (χ4v) is 9.80. The second kappa shape index (κ2) is 13.9. The van der Waals surface area contributed by atoms with Gasteiger partial charge in [-0.3, -0.25) is 14.6 Å². The summed E-state index contributed by atoms with van der Waals surface area (Å²) < 4.78 is 39.0. The SMILES string of the molecule is CO[C@H]1CN(C)C(=O)[C@@H]2C[C@@H](CN2c2nc(N3[C@@H]4C[C@H]3C(=O)N(C3CCC3)C4)nc3c2cnn3-c2ccc(F)cc2F)Nc2cccc(n2)-c2nccc3nc(C)n(c23)C1. The molecule has 16 nitrogen and oxygen atoms in total. The van der Waals surface area contributed by atoms with Gasteiger partial charge in [-0.2, -0.15) is 15.1 Å². The average molecular weight is 816 g/mol. The van der Waals surface area contributed by atoms with Crippen molar-refractivity contribution >= 4 is 51.5 Å². The Hall–Kier alpha value is -6.30. The summed E-state index contributed by atoms with van der Waals surface area (Å²) in [5, 5.41) is 8.65. The standard InChI is InChI=1S/C42H43F2N13O3/c1-22-47-31-12-13-45-36-30-8-5-9-35(49-30)48-24-15-33(40(58)52(2)20-27(60-3)21-53(22)37(31)36)55(18-24)38-28-17-46-57(32-11-10-23(43)14-29(32)44)39(28)51-42(50-38)56-26-16-34(56)41(59)54(19-26)25-6-4-7-25/h5,8-14,17,24-27,33-34H,4,6-7,15-16,18-21H2,1-3H3,(H,48,49)/t24-,26+,27-,33-,34-/m0/s1. The Morgan fingerprint density at radius 1 is 0.883 bits per heavy atom. The summed E-state index contributed by atoms with van der Waals surface area (Å²) in [7, 11) is 3.42. The first-order valence-electron chi connectivity index (χ1n) is 20.5. The molecule has 5 aliphatic heterocycles. The molecule has 5 atom stereocenters. The summed E-state index contributed by atoms with van der Waals surface area (Å²) in [5.74, 6) is 0.500. The summed E-state index contributed by atoms with van der Waals surface area (Å²) in [4.78, 5) is 61.2. The molecule has 1 aromatic carbocycles. The van der Waals surface area contributed by atoms with E-state index in [9.17, 15) is 14.0 Å². The number of benzene rings is 1. The Labute approximate surface area is 343 Å². The number of aryl methyl sites for hydroxylation is 1. The smallest absolute Gasteiger partial charge is 0.245 e. The van der Waals surface area contributed by atoms with E-state index in [4.69, 9.17) is 29.7 Å². The van der Waals surface area contributed by atoms with Crippen LogP contribution in [0.2, 0.25) is 0 Å². The first-order valence-corrected chi connectivity index (χ1v) is 20.5. The Morgan fingerprint density at radius 3 is 2.53 bits per heavy atom. The normalized spacial score (nSPS) is 24.4. The van der Waals surface area contributed by atoms with Crippen LogP contribution in [0.5, 0.6) is 0 Å². The molecule has 10 heterocycles. The molecule has 1 aliphatic carbocycles. The number of hydrogen-bond donors (Lipinski definition) is 1. The molecule has 12 rings (SSSR count). The van der Waals surface area contributed by atoms with Crippen LogP contribution in [-0.4, -0.2) is 131 Å². The van der Waals surface area contributed by atoms with Crippen molar-refractivity contribution in [3.05, 3.63) is 72.3 Å². The lowest BCUT2D eigenvalue weighted by atomic mass is 9.82. The zero-order chi connectivity index (χ0) is 41.0. The zero-order valence-electron chi connectivity index (χ0n) is 33.4. The first-order chi connectivity index (χ1) is 29.1. The third-order valence-electron chi connectivity index (χ3n) is 13.1. The van der Waals surface area contributed by atoms with Crippen molar-refractivity contribution in [3.63, 3.8) is 0 Å². The van der Waals surface area contributed by atoms with Crippen LogP contribution >= 0.6 is 0 Å². The Kier molecular flexibility index (Phi) is 8.51. The molecular weight excluding hydrogens is 773 g/mol. The van der Waals surface area contributed by atoms with Gasteiger partial charge in [-0.25, -0.2) is 23.4 Å². The molecule has 2 amide bonds. The number of amides is 2. The maximum absolute atomic E-state index is 15.5. The topological polar surface area (TPSA) is 156 Å². The van der Waals surface area contributed by atoms with Crippen LogP contribution in [0.25, 0.3) is 39.1 Å². The van der Waals surface area contributed by atoms with Gasteiger partial charge in [0.15, 0.2) is 11.5 Å². The minimum Gasteiger partial charge on any atom is -0.378 e. The molecule has 5 aromatic heterocycles. The fraction of sp³-hybridized carbons (Fsp3) is 0.429. The van der Waals surface area contributed by atoms with Crippen molar-refractivity contribution in [2.45, 2.75) is 81.9 Å². The number of aromatic nitrogens is 8. The number of pyridine rings is 2. The van der Waals surface area contributed by atoms with Crippen LogP contribution in [0, 0.1) is 18.6 Å². The van der Waals surface area contributed by atoms with E-state index < -0.39 is 29.8 Å². The molecule has 1 saturated carbocycles. The molecule has 0 spiro atoms. The van der Waals surface area contributed by atoms with Crippen molar-refractivity contribution in [2.24, 2.45) is 0 Å². The summed E-state index contributed by atoms with van der Waals surface area (Å²) in [6, 6.07) is 9.78. The molecule has 18 heteroatoms. The highest BCUT2D eigenvalue weighted by Crippen LogP contribution is 2.42. The first kappa shape index (κ1) is 36.8. The minimum atomic E-state index is -0.811. The van der Waals surface area contributed by atoms with Gasteiger partial charge in [-0.15, -0.1) is 0 Å². The van der Waals surface area contributed by atoms with Gasteiger partial charge in [0.1, 0.15) is 46.7 Å². The second-order valence-electron chi connectivity index (χ2n) is 16.7. The van der Waals surface area contributed by atoms with Crippen molar-refractivity contribution in [3.8, 4) is 17.1 Å². The fourth-order valence-electron chi connectivity index (χ4n) is 9.80. The monoisotopic (exact) mass is 815 g/mol. The molecule has 6 aromatic rings. The van der Waals surface area contributed by atoms with Gasteiger partial charge in [0.25, 0.3) is 0 Å². The summed E-state index contributed by atoms with van der Waals surface area (Å²) in [6.45, 7) is 3.54. The van der Waals surface area contributed by atoms with Crippen LogP contribution in [0.1, 0.15) is 37.9 Å². The highest BCUT2D eigenvalue weighted by atomic mass is 19.1. The van der Waals surface area contributed by atoms with Crippen molar-refractivity contribution < 1.29 is 23.1 Å². The van der Waals surface area contributed by atoms with Crippen molar-refractivity contribution in [1.29, 1.82) is 0 Å². The van der Waals surface area contributed by atoms with E-state index in [2.05, 4.69) is 15.0 Å². The maximum atomic E-state index is 15.5. The quantitative estimate of drug-likeness (QED) is 0.267. The van der Waals surface area contributed by atoms with Crippen LogP contribution in [-0.2, 0) is 20.9 Å². The number of fused-ring (bicyclic) bond motifs is 8. The number of anilines is 3. The van der Waals surface area contributed by atoms with Gasteiger partial charge in [-0.1, -0.05) is 6.07 Å². The molecule has 60 heavy (non-hydrogen) atoms. The second-order valence-corrected chi connectivity index (χ2v) is 16.7. The number of nitrogens with zero attached hydrogens (tertiary/aromatic N) is 12. The van der Waals surface area contributed by atoms with Crippen LogP contribution in [0.4, 0.5) is 26.4 Å². The molecule has 4 saturated heterocycles. The maximum Gasteiger partial charge on any atom is 0.245 e. The third kappa shape index (κ3) is 5.77. The van der Waals surface area contributed by atoms with E-state index in [1.165, 1.54) is 16.8 Å². The van der Waals surface area contributed by atoms with Gasteiger partial charge < -0.3 is 34.2 Å². The Morgan fingerprint density at radius 2 is 1.75 bits per heavy atom. The molecule has 5 fully saturated rings. The molecule has 0 unspecified atom stereocenters. The number of carbonyl (C=O) groups excluding carboxylic acids is 2. The molecule has 6 aliphatic rings. The van der Waals surface area contributed by atoms with E-state index >= 15 is 4.39 Å². The number of piperazine rings is 1. The predicted octanol–water partition coefficient (Wildman–Crippen LogP) is 4.10. The number of hydrogen-bond acceptors (Lipinski definition) is 12. The lowest BCUT2D eigenvalue weighted by molar-refractivity contribution is -0.145. The highest BCUT2D eigenvalue weighted by molar-refractivity contribution is 5.95. The number of likely N-dealkylation sites (N-methyl/N-ethyl adjacent to an activating group) is 1. The van der Waals surface area contributed by atoms with E-state index in [1.54, 1.807) is 31.5 Å². The van der Waals surface area contributed by atoms with Gasteiger partial charge in [0.2, 0.25) is 17.8 Å². The Bertz CT molecular complexity index is 2720. The van der Waals surface area contributed by atoms with E-state index in [0.29, 0.717) is 66.8 Å².